The summed E-state index contributed by atoms with van der Waals surface area (Å²) >= 11 is 1.33. The Morgan fingerprint density at radius 3 is 2.43 bits per heavy atom. The highest BCUT2D eigenvalue weighted by Crippen LogP contribution is 2.28. The zero-order valence-electron chi connectivity index (χ0n) is 18.0. The van der Waals surface area contributed by atoms with Gasteiger partial charge < -0.3 is 9.47 Å². The van der Waals surface area contributed by atoms with E-state index in [1.807, 2.05) is 11.8 Å². The van der Waals surface area contributed by atoms with Crippen molar-refractivity contribution in [3.63, 3.8) is 0 Å². The summed E-state index contributed by atoms with van der Waals surface area (Å²) < 4.78 is 1.46. The fraction of sp³-hybridized carbons (Fsp3) is 0.435. The summed E-state index contributed by atoms with van der Waals surface area (Å²) in [5.41, 5.74) is 3.32. The second kappa shape index (κ2) is 8.32. The molecule has 6 nitrogen and oxygen atoms in total. The van der Waals surface area contributed by atoms with Crippen LogP contribution in [0.5, 0.6) is 0 Å². The fourth-order valence-corrected chi connectivity index (χ4v) is 5.04. The van der Waals surface area contributed by atoms with Gasteiger partial charge in [-0.25, -0.2) is 4.98 Å². The van der Waals surface area contributed by atoms with Crippen LogP contribution in [-0.2, 0) is 13.6 Å². The number of hydrogen-bond donors (Lipinski definition) is 0. The lowest BCUT2D eigenvalue weighted by Crippen LogP contribution is -2.48. The molecule has 1 saturated heterocycles. The zero-order chi connectivity index (χ0) is 21.4. The van der Waals surface area contributed by atoms with Crippen molar-refractivity contribution in [1.82, 2.24) is 19.4 Å². The minimum Gasteiger partial charge on any atom is -0.335 e. The first kappa shape index (κ1) is 20.8. The lowest BCUT2D eigenvalue weighted by molar-refractivity contribution is 0.0632. The summed E-state index contributed by atoms with van der Waals surface area (Å²) in [7, 11) is 1.68. The molecule has 0 spiro atoms. The number of aryl methyl sites for hydroxylation is 2. The maximum Gasteiger partial charge on any atom is 0.264 e. The van der Waals surface area contributed by atoms with Crippen LogP contribution in [0.1, 0.15) is 46.1 Å². The Morgan fingerprint density at radius 1 is 1.13 bits per heavy atom. The van der Waals surface area contributed by atoms with Crippen LogP contribution >= 0.6 is 11.3 Å². The van der Waals surface area contributed by atoms with E-state index in [-0.39, 0.29) is 11.5 Å². The molecule has 3 heterocycles. The largest absolute Gasteiger partial charge is 0.335 e. The molecule has 7 heteroatoms. The minimum absolute atomic E-state index is 0.0125. The van der Waals surface area contributed by atoms with Gasteiger partial charge in [-0.05, 0) is 29.5 Å². The van der Waals surface area contributed by atoms with Crippen LogP contribution in [0.25, 0.3) is 10.2 Å². The molecule has 0 N–H and O–H groups in total. The Bertz CT molecular complexity index is 1120. The maximum absolute atomic E-state index is 13.1. The highest BCUT2D eigenvalue weighted by atomic mass is 32.1. The van der Waals surface area contributed by atoms with E-state index in [0.717, 1.165) is 25.2 Å². The zero-order valence-corrected chi connectivity index (χ0v) is 18.8. The van der Waals surface area contributed by atoms with Crippen molar-refractivity contribution in [3.8, 4) is 0 Å². The van der Waals surface area contributed by atoms with Crippen molar-refractivity contribution in [2.75, 3.05) is 26.2 Å². The summed E-state index contributed by atoms with van der Waals surface area (Å²) in [5.74, 6) is 0.555. The first-order valence-electron chi connectivity index (χ1n) is 10.4. The van der Waals surface area contributed by atoms with Crippen molar-refractivity contribution in [2.45, 2.75) is 33.2 Å². The van der Waals surface area contributed by atoms with Crippen molar-refractivity contribution >= 4 is 27.5 Å². The van der Waals surface area contributed by atoms with E-state index in [2.05, 4.69) is 48.0 Å². The molecule has 0 atom stereocenters. The monoisotopic (exact) mass is 424 g/mol. The molecule has 1 amide bonds. The third kappa shape index (κ3) is 3.91. The summed E-state index contributed by atoms with van der Waals surface area (Å²) in [4.78, 5) is 35.5. The van der Waals surface area contributed by atoms with Crippen molar-refractivity contribution < 1.29 is 4.79 Å². The Labute approximate surface area is 180 Å². The molecule has 2 aromatic heterocycles. The molecule has 158 valence electrons. The molecule has 0 aliphatic carbocycles. The van der Waals surface area contributed by atoms with Gasteiger partial charge in [0, 0.05) is 39.8 Å². The molecule has 0 bridgehead atoms. The van der Waals surface area contributed by atoms with E-state index in [0.29, 0.717) is 34.1 Å². The molecule has 1 aliphatic rings. The number of benzene rings is 1. The maximum atomic E-state index is 13.1. The molecule has 4 rings (SSSR count). The average Bonchev–Trinajstić information content (AvgIpc) is 3.08. The van der Waals surface area contributed by atoms with E-state index in [9.17, 15) is 9.59 Å². The van der Waals surface area contributed by atoms with E-state index >= 15 is 0 Å². The van der Waals surface area contributed by atoms with Crippen LogP contribution in [0.3, 0.4) is 0 Å². The summed E-state index contributed by atoms with van der Waals surface area (Å²) in [6.45, 7) is 10.3. The number of thiophene rings is 1. The summed E-state index contributed by atoms with van der Waals surface area (Å²) in [6.07, 6.45) is 1.52. The van der Waals surface area contributed by atoms with E-state index in [1.54, 1.807) is 7.05 Å². The molecule has 3 aromatic rings. The topological polar surface area (TPSA) is 58.4 Å². The van der Waals surface area contributed by atoms with Crippen LogP contribution in [0.15, 0.2) is 35.4 Å². The van der Waals surface area contributed by atoms with Crippen LogP contribution in [0.4, 0.5) is 0 Å². The molecule has 1 fully saturated rings. The van der Waals surface area contributed by atoms with Gasteiger partial charge in [-0.2, -0.15) is 0 Å². The van der Waals surface area contributed by atoms with Gasteiger partial charge in [0.1, 0.15) is 4.83 Å². The van der Waals surface area contributed by atoms with Crippen molar-refractivity contribution in [3.05, 3.63) is 62.5 Å². The smallest absolute Gasteiger partial charge is 0.264 e. The third-order valence-corrected chi connectivity index (χ3v) is 7.10. The molecule has 1 aromatic carbocycles. The number of nitrogens with zero attached hydrogens (tertiary/aromatic N) is 4. The predicted octanol–water partition coefficient (Wildman–Crippen LogP) is 3.38. The van der Waals surface area contributed by atoms with Gasteiger partial charge in [0.15, 0.2) is 0 Å². The first-order valence-corrected chi connectivity index (χ1v) is 11.2. The number of amides is 1. The molecular weight excluding hydrogens is 396 g/mol. The SMILES string of the molecule is Cc1c(C(=O)N2CCN(Cc3ccc(C(C)C)cc3)CC2)sc2ncn(C)c(=O)c12. The highest BCUT2D eigenvalue weighted by molar-refractivity contribution is 7.20. The second-order valence-corrected chi connectivity index (χ2v) is 9.36. The van der Waals surface area contributed by atoms with Gasteiger partial charge in [0.25, 0.3) is 11.5 Å². The van der Waals surface area contributed by atoms with Gasteiger partial charge in [0.05, 0.1) is 16.6 Å². The molecule has 0 unspecified atom stereocenters. The number of rotatable bonds is 4. The van der Waals surface area contributed by atoms with Gasteiger partial charge >= 0.3 is 0 Å². The van der Waals surface area contributed by atoms with Crippen molar-refractivity contribution in [1.29, 1.82) is 0 Å². The molecule has 1 aliphatic heterocycles. The number of piperazine rings is 1. The van der Waals surface area contributed by atoms with E-state index in [1.165, 1.54) is 33.4 Å². The van der Waals surface area contributed by atoms with Gasteiger partial charge in [-0.1, -0.05) is 38.1 Å². The average molecular weight is 425 g/mol. The Morgan fingerprint density at radius 2 is 1.80 bits per heavy atom. The lowest BCUT2D eigenvalue weighted by Gasteiger charge is -2.34. The van der Waals surface area contributed by atoms with Crippen LogP contribution in [0.2, 0.25) is 0 Å². The summed E-state index contributed by atoms with van der Waals surface area (Å²) in [5, 5.41) is 0.567. The first-order chi connectivity index (χ1) is 14.3. The Kier molecular flexibility index (Phi) is 5.75. The van der Waals surface area contributed by atoms with Gasteiger partial charge in [-0.3, -0.25) is 14.5 Å². The number of aromatic nitrogens is 2. The third-order valence-electron chi connectivity index (χ3n) is 5.92. The molecule has 0 saturated carbocycles. The van der Waals surface area contributed by atoms with Crippen molar-refractivity contribution in [2.24, 2.45) is 7.05 Å². The lowest BCUT2D eigenvalue weighted by atomic mass is 10.0. The Hall–Kier alpha value is -2.51. The van der Waals surface area contributed by atoms with Crippen LogP contribution in [-0.4, -0.2) is 51.4 Å². The van der Waals surface area contributed by atoms with Gasteiger partial charge in [-0.15, -0.1) is 11.3 Å². The number of carbonyl (C=O) groups excluding carboxylic acids is 1. The van der Waals surface area contributed by atoms with Gasteiger partial charge in [0.2, 0.25) is 0 Å². The van der Waals surface area contributed by atoms with E-state index < -0.39 is 0 Å². The normalized spacial score (nSPS) is 15.3. The van der Waals surface area contributed by atoms with Crippen LogP contribution in [0, 0.1) is 6.92 Å². The summed E-state index contributed by atoms with van der Waals surface area (Å²) in [6, 6.07) is 8.84. The molecule has 30 heavy (non-hydrogen) atoms. The molecule has 0 radical (unpaired) electrons. The molecular formula is C23H28N4O2S. The fourth-order valence-electron chi connectivity index (χ4n) is 3.93. The highest BCUT2D eigenvalue weighted by Gasteiger charge is 2.26. The number of hydrogen-bond acceptors (Lipinski definition) is 5. The minimum atomic E-state index is -0.0962. The predicted molar refractivity (Wildman–Crippen MR) is 121 cm³/mol. The number of fused-ring (bicyclic) bond motifs is 1. The quantitative estimate of drug-likeness (QED) is 0.644. The van der Waals surface area contributed by atoms with Crippen LogP contribution < -0.4 is 5.56 Å². The second-order valence-electron chi connectivity index (χ2n) is 8.36. The number of carbonyl (C=O) groups is 1. The Balaban J connectivity index is 1.42. The standard InChI is InChI=1S/C23H28N4O2S/c1-15(2)18-7-5-17(6-8-18)13-26-9-11-27(12-10-26)23(29)20-16(3)19-21(30-20)24-14-25(4)22(19)28/h5-8,14-15H,9-13H2,1-4H3. The van der Waals surface area contributed by atoms with E-state index in [4.69, 9.17) is 0 Å².